The first-order chi connectivity index (χ1) is 9.83. The highest BCUT2D eigenvalue weighted by Gasteiger charge is 2.35. The first-order valence-corrected chi connectivity index (χ1v) is 8.38. The van der Waals surface area contributed by atoms with Crippen LogP contribution in [0.5, 0.6) is 0 Å². The highest BCUT2D eigenvalue weighted by molar-refractivity contribution is 5.30. The maximum absolute atomic E-state index is 3.76. The van der Waals surface area contributed by atoms with Gasteiger partial charge in [-0.1, -0.05) is 44.0 Å². The molecule has 1 aromatic rings. The maximum Gasteiger partial charge on any atom is 0.0281 e. The second kappa shape index (κ2) is 6.50. The Morgan fingerprint density at radius 2 is 2.05 bits per heavy atom. The van der Waals surface area contributed by atoms with Crippen molar-refractivity contribution in [2.75, 3.05) is 13.1 Å². The molecule has 2 nitrogen and oxygen atoms in total. The largest absolute Gasteiger partial charge is 0.311 e. The zero-order chi connectivity index (χ0) is 15.6. The lowest BCUT2D eigenvalue weighted by Crippen LogP contribution is -2.62. The molecule has 2 heteroatoms. The molecule has 1 fully saturated rings. The molecule has 1 heterocycles. The van der Waals surface area contributed by atoms with Gasteiger partial charge in [-0.15, -0.1) is 0 Å². The molecule has 1 aliphatic rings. The monoisotopic (exact) mass is 288 g/mol. The van der Waals surface area contributed by atoms with Gasteiger partial charge in [-0.25, -0.2) is 0 Å². The van der Waals surface area contributed by atoms with Crippen LogP contribution < -0.4 is 5.32 Å². The number of piperazine rings is 1. The van der Waals surface area contributed by atoms with Gasteiger partial charge in [0.05, 0.1) is 0 Å². The van der Waals surface area contributed by atoms with Gasteiger partial charge in [0.1, 0.15) is 0 Å². The predicted molar refractivity (Wildman–Crippen MR) is 91.7 cm³/mol. The first kappa shape index (κ1) is 16.5. The lowest BCUT2D eigenvalue weighted by atomic mass is 9.90. The summed E-state index contributed by atoms with van der Waals surface area (Å²) in [5, 5.41) is 3.76. The number of rotatable bonds is 4. The van der Waals surface area contributed by atoms with Gasteiger partial charge in [-0.05, 0) is 44.7 Å². The van der Waals surface area contributed by atoms with E-state index in [2.05, 4.69) is 70.0 Å². The average molecular weight is 288 g/mol. The molecule has 0 spiro atoms. The highest BCUT2D eigenvalue weighted by Crippen LogP contribution is 2.25. The fourth-order valence-corrected chi connectivity index (χ4v) is 3.16. The summed E-state index contributed by atoms with van der Waals surface area (Å²) < 4.78 is 0. The topological polar surface area (TPSA) is 15.3 Å². The Morgan fingerprint density at radius 3 is 2.71 bits per heavy atom. The third-order valence-corrected chi connectivity index (χ3v) is 5.27. The molecule has 1 aromatic carbocycles. The Hall–Kier alpha value is -0.860. The van der Waals surface area contributed by atoms with Crippen molar-refractivity contribution < 1.29 is 0 Å². The van der Waals surface area contributed by atoms with Gasteiger partial charge < -0.3 is 5.32 Å². The molecule has 0 aliphatic carbocycles. The van der Waals surface area contributed by atoms with Gasteiger partial charge in [-0.2, -0.15) is 0 Å². The molecule has 0 aromatic heterocycles. The number of nitrogens with zero attached hydrogens (tertiary/aromatic N) is 1. The van der Waals surface area contributed by atoms with Crippen molar-refractivity contribution in [3.63, 3.8) is 0 Å². The van der Waals surface area contributed by atoms with Crippen molar-refractivity contribution in [2.24, 2.45) is 5.92 Å². The van der Waals surface area contributed by atoms with Crippen molar-refractivity contribution in [1.82, 2.24) is 10.2 Å². The van der Waals surface area contributed by atoms with E-state index < -0.39 is 0 Å². The van der Waals surface area contributed by atoms with Crippen LogP contribution in [0.1, 0.15) is 50.8 Å². The van der Waals surface area contributed by atoms with Crippen LogP contribution >= 0.6 is 0 Å². The molecular formula is C19H32N2. The van der Waals surface area contributed by atoms with Crippen LogP contribution in [0.4, 0.5) is 0 Å². The molecule has 2 atom stereocenters. The Bertz CT molecular complexity index is 478. The molecule has 2 unspecified atom stereocenters. The molecule has 0 radical (unpaired) electrons. The maximum atomic E-state index is 3.76. The fourth-order valence-electron chi connectivity index (χ4n) is 3.16. The van der Waals surface area contributed by atoms with E-state index in [1.54, 1.807) is 0 Å². The van der Waals surface area contributed by atoms with E-state index in [9.17, 15) is 0 Å². The predicted octanol–water partition coefficient (Wildman–Crippen LogP) is 3.90. The Kier molecular flexibility index (Phi) is 5.11. The minimum atomic E-state index is 0.222. The number of aryl methyl sites for hydroxylation is 2. The van der Waals surface area contributed by atoms with Gasteiger partial charge >= 0.3 is 0 Å². The molecule has 21 heavy (non-hydrogen) atoms. The second-order valence-corrected chi connectivity index (χ2v) is 7.50. The zero-order valence-electron chi connectivity index (χ0n) is 14.7. The number of nitrogens with one attached hydrogen (secondary N) is 1. The van der Waals surface area contributed by atoms with E-state index in [-0.39, 0.29) is 5.54 Å². The fraction of sp³-hybridized carbons (Fsp3) is 0.684. The third-order valence-electron chi connectivity index (χ3n) is 5.27. The van der Waals surface area contributed by atoms with Crippen molar-refractivity contribution in [3.8, 4) is 0 Å². The summed E-state index contributed by atoms with van der Waals surface area (Å²) in [4.78, 5) is 2.67. The van der Waals surface area contributed by atoms with Gasteiger partial charge in [0.15, 0.2) is 0 Å². The van der Waals surface area contributed by atoms with E-state index >= 15 is 0 Å². The molecule has 2 rings (SSSR count). The van der Waals surface area contributed by atoms with E-state index in [4.69, 9.17) is 0 Å². The van der Waals surface area contributed by atoms with Crippen LogP contribution in [0.3, 0.4) is 0 Å². The molecule has 1 aliphatic heterocycles. The number of benzene rings is 1. The van der Waals surface area contributed by atoms with Crippen molar-refractivity contribution in [2.45, 2.75) is 66.1 Å². The summed E-state index contributed by atoms with van der Waals surface area (Å²) in [6.07, 6.45) is 1.25. The van der Waals surface area contributed by atoms with Gasteiger partial charge in [-0.3, -0.25) is 4.90 Å². The van der Waals surface area contributed by atoms with Crippen molar-refractivity contribution in [1.29, 1.82) is 0 Å². The Morgan fingerprint density at radius 1 is 1.33 bits per heavy atom. The standard InChI is InChI=1S/C19H32N2/c1-7-15(3)18-12-21(19(5,6)13-20-18)11-17-10-14(2)8-9-16(17)4/h8-10,15,18,20H,7,11-13H2,1-6H3. The van der Waals surface area contributed by atoms with Crippen LogP contribution in [0.15, 0.2) is 18.2 Å². The summed E-state index contributed by atoms with van der Waals surface area (Å²) in [6.45, 7) is 17.1. The highest BCUT2D eigenvalue weighted by atomic mass is 15.3. The van der Waals surface area contributed by atoms with E-state index in [1.807, 2.05) is 0 Å². The lowest BCUT2D eigenvalue weighted by molar-refractivity contribution is 0.0447. The van der Waals surface area contributed by atoms with E-state index in [0.29, 0.717) is 6.04 Å². The van der Waals surface area contributed by atoms with Gasteiger partial charge in [0, 0.05) is 31.2 Å². The molecule has 0 saturated carbocycles. The quantitative estimate of drug-likeness (QED) is 0.904. The van der Waals surface area contributed by atoms with Crippen LogP contribution in [-0.2, 0) is 6.54 Å². The normalized spacial score (nSPS) is 24.0. The molecule has 0 bridgehead atoms. The zero-order valence-corrected chi connectivity index (χ0v) is 14.7. The Balaban J connectivity index is 2.16. The van der Waals surface area contributed by atoms with Gasteiger partial charge in [0.25, 0.3) is 0 Å². The summed E-state index contributed by atoms with van der Waals surface area (Å²) in [5.74, 6) is 0.738. The van der Waals surface area contributed by atoms with Gasteiger partial charge in [0.2, 0.25) is 0 Å². The van der Waals surface area contributed by atoms with E-state index in [1.165, 1.54) is 23.1 Å². The van der Waals surface area contributed by atoms with E-state index in [0.717, 1.165) is 25.6 Å². The third kappa shape index (κ3) is 3.87. The van der Waals surface area contributed by atoms with Crippen LogP contribution in [0.2, 0.25) is 0 Å². The minimum Gasteiger partial charge on any atom is -0.311 e. The Labute approximate surface area is 130 Å². The molecule has 1 saturated heterocycles. The first-order valence-electron chi connectivity index (χ1n) is 8.38. The SMILES string of the molecule is CCC(C)C1CN(Cc2cc(C)ccc2C)C(C)(C)CN1. The van der Waals surface area contributed by atoms with Crippen LogP contribution in [0.25, 0.3) is 0 Å². The summed E-state index contributed by atoms with van der Waals surface area (Å²) in [6, 6.07) is 7.44. The molecule has 0 amide bonds. The summed E-state index contributed by atoms with van der Waals surface area (Å²) >= 11 is 0. The minimum absolute atomic E-state index is 0.222. The number of hydrogen-bond donors (Lipinski definition) is 1. The second-order valence-electron chi connectivity index (χ2n) is 7.50. The number of hydrogen-bond acceptors (Lipinski definition) is 2. The van der Waals surface area contributed by atoms with Crippen molar-refractivity contribution in [3.05, 3.63) is 34.9 Å². The summed E-state index contributed by atoms with van der Waals surface area (Å²) in [5.41, 5.74) is 4.48. The van der Waals surface area contributed by atoms with Crippen molar-refractivity contribution >= 4 is 0 Å². The lowest BCUT2D eigenvalue weighted by Gasteiger charge is -2.48. The smallest absolute Gasteiger partial charge is 0.0281 e. The molecule has 1 N–H and O–H groups in total. The van der Waals surface area contributed by atoms with Crippen LogP contribution in [0, 0.1) is 19.8 Å². The average Bonchev–Trinajstić information content (AvgIpc) is 2.44. The molecule has 118 valence electrons. The summed E-state index contributed by atoms with van der Waals surface area (Å²) in [7, 11) is 0. The molecular weight excluding hydrogens is 256 g/mol. The van der Waals surface area contributed by atoms with Crippen LogP contribution in [-0.4, -0.2) is 29.6 Å².